The van der Waals surface area contributed by atoms with Crippen LogP contribution >= 0.6 is 23.2 Å². The summed E-state index contributed by atoms with van der Waals surface area (Å²) in [6, 6.07) is 1.36. The molecule has 1 aromatic rings. The Hall–Kier alpha value is -0.400. The van der Waals surface area contributed by atoms with Gasteiger partial charge >= 0.3 is 0 Å². The lowest BCUT2D eigenvalue weighted by Gasteiger charge is -2.19. The van der Waals surface area contributed by atoms with E-state index >= 15 is 0 Å². The van der Waals surface area contributed by atoms with E-state index in [4.69, 9.17) is 23.2 Å². The number of hydrogen-bond donors (Lipinski definition) is 1. The monoisotopic (exact) mass is 311 g/mol. The molecule has 0 aliphatic heterocycles. The molecule has 0 spiro atoms. The molecule has 1 aromatic heterocycles. The van der Waals surface area contributed by atoms with Crippen molar-refractivity contribution in [1.29, 1.82) is 0 Å². The topological polar surface area (TPSA) is 62.3 Å². The van der Waals surface area contributed by atoms with E-state index in [-0.39, 0.29) is 21.1 Å². The lowest BCUT2D eigenvalue weighted by molar-refractivity contribution is 0.314. The third-order valence-electron chi connectivity index (χ3n) is 2.53. The predicted molar refractivity (Wildman–Crippen MR) is 72.6 cm³/mol. The van der Waals surface area contributed by atoms with Gasteiger partial charge in [0.2, 0.25) is 10.0 Å². The predicted octanol–water partition coefficient (Wildman–Crippen LogP) is 1.62. The normalized spacial score (nSPS) is 13.9. The van der Waals surface area contributed by atoms with E-state index in [0.717, 1.165) is 0 Å². The van der Waals surface area contributed by atoms with Crippen molar-refractivity contribution in [3.05, 3.63) is 22.4 Å². The van der Waals surface area contributed by atoms with Crippen LogP contribution in [0.15, 0.2) is 17.2 Å². The minimum Gasteiger partial charge on any atom is -0.305 e. The third kappa shape index (κ3) is 4.07. The fourth-order valence-electron chi connectivity index (χ4n) is 1.05. The summed E-state index contributed by atoms with van der Waals surface area (Å²) in [6.45, 7) is 2.21. The summed E-state index contributed by atoms with van der Waals surface area (Å²) >= 11 is 11.4. The van der Waals surface area contributed by atoms with Gasteiger partial charge in [0.15, 0.2) is 0 Å². The Morgan fingerprint density at radius 3 is 2.56 bits per heavy atom. The molecular weight excluding hydrogens is 297 g/mol. The molecule has 0 bridgehead atoms. The number of likely N-dealkylation sites (N-methyl/N-ethyl adjacent to an activating group) is 1. The quantitative estimate of drug-likeness (QED) is 0.839. The van der Waals surface area contributed by atoms with Crippen molar-refractivity contribution in [2.75, 3.05) is 20.6 Å². The molecule has 1 atom stereocenters. The van der Waals surface area contributed by atoms with Crippen molar-refractivity contribution in [2.24, 2.45) is 0 Å². The summed E-state index contributed by atoms with van der Waals surface area (Å²) < 4.78 is 26.4. The lowest BCUT2D eigenvalue weighted by Crippen LogP contribution is -2.38. The van der Waals surface area contributed by atoms with Crippen molar-refractivity contribution in [1.82, 2.24) is 14.6 Å². The van der Waals surface area contributed by atoms with Gasteiger partial charge in [-0.3, -0.25) is 0 Å². The summed E-state index contributed by atoms with van der Waals surface area (Å²) in [5.74, 6) is 0. The number of aromatic nitrogens is 1. The van der Waals surface area contributed by atoms with Gasteiger partial charge < -0.3 is 4.90 Å². The average Bonchev–Trinajstić information content (AvgIpc) is 2.29. The van der Waals surface area contributed by atoms with Gasteiger partial charge in [-0.2, -0.15) is 0 Å². The molecule has 5 nitrogen and oxygen atoms in total. The maximum absolute atomic E-state index is 12.0. The Morgan fingerprint density at radius 2 is 2.06 bits per heavy atom. The van der Waals surface area contributed by atoms with Crippen LogP contribution in [0.3, 0.4) is 0 Å². The van der Waals surface area contributed by atoms with Crippen LogP contribution < -0.4 is 4.72 Å². The number of nitrogens with one attached hydrogen (secondary N) is 1. The van der Waals surface area contributed by atoms with E-state index < -0.39 is 10.0 Å². The third-order valence-corrected chi connectivity index (χ3v) is 4.61. The SMILES string of the molecule is CC(CNS(=O)(=O)c1cnc(Cl)c(Cl)c1)N(C)C. The second kappa shape index (κ2) is 6.16. The smallest absolute Gasteiger partial charge is 0.242 e. The Balaban J connectivity index is 2.83. The molecule has 1 heterocycles. The van der Waals surface area contributed by atoms with Crippen LogP contribution in [0, 0.1) is 0 Å². The standard InChI is InChI=1S/C10H15Cl2N3O2S/c1-7(15(2)3)5-14-18(16,17)8-4-9(11)10(12)13-6-8/h4,6-7,14H,5H2,1-3H3. The first kappa shape index (κ1) is 15.7. The highest BCUT2D eigenvalue weighted by Crippen LogP contribution is 2.21. The number of nitrogens with zero attached hydrogens (tertiary/aromatic N) is 2. The van der Waals surface area contributed by atoms with Crippen molar-refractivity contribution in [2.45, 2.75) is 17.9 Å². The molecule has 1 unspecified atom stereocenters. The lowest BCUT2D eigenvalue weighted by atomic mass is 10.3. The highest BCUT2D eigenvalue weighted by molar-refractivity contribution is 7.89. The first-order chi connectivity index (χ1) is 8.24. The van der Waals surface area contributed by atoms with Gasteiger partial charge in [0.25, 0.3) is 0 Å². The molecule has 18 heavy (non-hydrogen) atoms. The van der Waals surface area contributed by atoms with Crippen molar-refractivity contribution < 1.29 is 8.42 Å². The van der Waals surface area contributed by atoms with Gasteiger partial charge in [0.1, 0.15) is 10.0 Å². The van der Waals surface area contributed by atoms with E-state index in [1.54, 1.807) is 0 Å². The fraction of sp³-hybridized carbons (Fsp3) is 0.500. The highest BCUT2D eigenvalue weighted by Gasteiger charge is 2.17. The van der Waals surface area contributed by atoms with Crippen molar-refractivity contribution in [3.63, 3.8) is 0 Å². The maximum Gasteiger partial charge on any atom is 0.242 e. The van der Waals surface area contributed by atoms with E-state index in [2.05, 4.69) is 9.71 Å². The van der Waals surface area contributed by atoms with Gasteiger partial charge in [-0.1, -0.05) is 23.2 Å². The Morgan fingerprint density at radius 1 is 1.44 bits per heavy atom. The Labute approximate surface area is 117 Å². The molecule has 1 N–H and O–H groups in total. The zero-order chi connectivity index (χ0) is 13.9. The van der Waals surface area contributed by atoms with E-state index in [1.807, 2.05) is 25.9 Å². The minimum atomic E-state index is -3.61. The van der Waals surface area contributed by atoms with Crippen molar-refractivity contribution >= 4 is 33.2 Å². The number of halogens is 2. The van der Waals surface area contributed by atoms with Gasteiger partial charge in [0.05, 0.1) is 5.02 Å². The van der Waals surface area contributed by atoms with Gasteiger partial charge in [-0.15, -0.1) is 0 Å². The molecular formula is C10H15Cl2N3O2S. The first-order valence-corrected chi connectivity index (χ1v) is 7.45. The highest BCUT2D eigenvalue weighted by atomic mass is 35.5. The van der Waals surface area contributed by atoms with Crippen LogP contribution in [0.1, 0.15) is 6.92 Å². The molecule has 0 aromatic carbocycles. The maximum atomic E-state index is 12.0. The van der Waals surface area contributed by atoms with Gasteiger partial charge in [-0.25, -0.2) is 18.1 Å². The van der Waals surface area contributed by atoms with Crippen LogP contribution in [0.4, 0.5) is 0 Å². The molecule has 0 saturated heterocycles. The zero-order valence-electron chi connectivity index (χ0n) is 10.3. The molecule has 0 aliphatic carbocycles. The largest absolute Gasteiger partial charge is 0.305 e. The van der Waals surface area contributed by atoms with E-state index in [0.29, 0.717) is 6.54 Å². The van der Waals surface area contributed by atoms with Crippen LogP contribution in [0.5, 0.6) is 0 Å². The first-order valence-electron chi connectivity index (χ1n) is 5.21. The van der Waals surface area contributed by atoms with Crippen LogP contribution in [0.2, 0.25) is 10.2 Å². The Kier molecular flexibility index (Phi) is 5.36. The van der Waals surface area contributed by atoms with Gasteiger partial charge in [0, 0.05) is 18.8 Å². The molecule has 0 amide bonds. The van der Waals surface area contributed by atoms with Crippen LogP contribution in [-0.4, -0.2) is 45.0 Å². The molecule has 1 rings (SSSR count). The molecule has 0 aliphatic rings. The summed E-state index contributed by atoms with van der Waals surface area (Å²) in [6.07, 6.45) is 1.18. The van der Waals surface area contributed by atoms with Crippen LogP contribution in [0.25, 0.3) is 0 Å². The van der Waals surface area contributed by atoms with Crippen molar-refractivity contribution in [3.8, 4) is 0 Å². The number of sulfonamides is 1. The zero-order valence-corrected chi connectivity index (χ0v) is 12.6. The van der Waals surface area contributed by atoms with E-state index in [9.17, 15) is 8.42 Å². The van der Waals surface area contributed by atoms with Crippen LogP contribution in [-0.2, 0) is 10.0 Å². The number of hydrogen-bond acceptors (Lipinski definition) is 4. The molecule has 0 saturated carbocycles. The van der Waals surface area contributed by atoms with E-state index in [1.165, 1.54) is 12.3 Å². The number of rotatable bonds is 5. The summed E-state index contributed by atoms with van der Waals surface area (Å²) in [5, 5.41) is 0.192. The number of pyridine rings is 1. The van der Waals surface area contributed by atoms with Gasteiger partial charge in [-0.05, 0) is 27.1 Å². The fourth-order valence-corrected chi connectivity index (χ4v) is 2.47. The summed E-state index contributed by atoms with van der Waals surface area (Å²) in [5.41, 5.74) is 0. The average molecular weight is 312 g/mol. The molecule has 102 valence electrons. The summed E-state index contributed by atoms with van der Waals surface area (Å²) in [7, 11) is 0.139. The molecule has 0 radical (unpaired) electrons. The summed E-state index contributed by atoms with van der Waals surface area (Å²) in [4.78, 5) is 5.63. The molecule has 0 fully saturated rings. The Bertz CT molecular complexity index is 520. The molecule has 8 heteroatoms. The second-order valence-corrected chi connectivity index (χ2v) is 6.64. The second-order valence-electron chi connectivity index (χ2n) is 4.11. The minimum absolute atomic E-state index is 0.00264.